The van der Waals surface area contributed by atoms with Crippen LogP contribution in [0.15, 0.2) is 6.07 Å². The van der Waals surface area contributed by atoms with E-state index in [0.29, 0.717) is 18.8 Å². The van der Waals surface area contributed by atoms with Gasteiger partial charge in [0.1, 0.15) is 5.69 Å². The Bertz CT molecular complexity index is 331. The number of hydrogen-bond acceptors (Lipinski definition) is 3. The Labute approximate surface area is 90.2 Å². The van der Waals surface area contributed by atoms with E-state index in [-0.39, 0.29) is 5.97 Å². The van der Waals surface area contributed by atoms with Crippen molar-refractivity contribution in [2.45, 2.75) is 40.2 Å². The molecule has 0 fully saturated rings. The second-order valence-corrected chi connectivity index (χ2v) is 3.33. The summed E-state index contributed by atoms with van der Waals surface area (Å²) in [6.45, 7) is 7.11. The molecule has 1 aromatic heterocycles. The topological polar surface area (TPSA) is 44.1 Å². The molecule has 1 rings (SSSR count). The predicted octanol–water partition coefficient (Wildman–Crippen LogP) is 2.03. The van der Waals surface area contributed by atoms with Crippen molar-refractivity contribution >= 4 is 5.97 Å². The van der Waals surface area contributed by atoms with Crippen LogP contribution in [0.3, 0.4) is 0 Å². The fourth-order valence-electron chi connectivity index (χ4n) is 1.32. The minimum Gasteiger partial charge on any atom is -0.461 e. The summed E-state index contributed by atoms with van der Waals surface area (Å²) in [5.41, 5.74) is 1.49. The van der Waals surface area contributed by atoms with Crippen molar-refractivity contribution in [1.29, 1.82) is 0 Å². The van der Waals surface area contributed by atoms with Gasteiger partial charge in [0.25, 0.3) is 0 Å². The van der Waals surface area contributed by atoms with E-state index in [0.717, 1.165) is 18.5 Å². The van der Waals surface area contributed by atoms with Crippen molar-refractivity contribution in [3.8, 4) is 0 Å². The Kier molecular flexibility index (Phi) is 4.34. The molecule has 84 valence electrons. The Hall–Kier alpha value is -1.32. The summed E-state index contributed by atoms with van der Waals surface area (Å²) >= 11 is 0. The summed E-state index contributed by atoms with van der Waals surface area (Å²) in [5, 5.41) is 4.29. The van der Waals surface area contributed by atoms with Gasteiger partial charge in [-0.3, -0.25) is 4.68 Å². The van der Waals surface area contributed by atoms with E-state index in [2.05, 4.69) is 5.10 Å². The summed E-state index contributed by atoms with van der Waals surface area (Å²) in [7, 11) is 0. The predicted molar refractivity (Wildman–Crippen MR) is 57.9 cm³/mol. The standard InChI is InChI=1S/C11H18N2O2/c1-4-7-15-11(14)10-8-9(5-2)12-13(10)6-3/h8H,4-7H2,1-3H3. The molecular weight excluding hydrogens is 192 g/mol. The molecule has 0 unspecified atom stereocenters. The molecule has 1 aromatic rings. The van der Waals surface area contributed by atoms with E-state index >= 15 is 0 Å². The highest BCUT2D eigenvalue weighted by molar-refractivity contribution is 5.87. The van der Waals surface area contributed by atoms with Gasteiger partial charge in [-0.25, -0.2) is 4.79 Å². The first-order chi connectivity index (χ1) is 7.22. The van der Waals surface area contributed by atoms with Crippen LogP contribution in [0.5, 0.6) is 0 Å². The van der Waals surface area contributed by atoms with Crippen LogP contribution in [0, 0.1) is 0 Å². The van der Waals surface area contributed by atoms with Gasteiger partial charge in [0.05, 0.1) is 12.3 Å². The first kappa shape index (κ1) is 11.8. The third-order valence-electron chi connectivity index (χ3n) is 2.14. The molecular formula is C11H18N2O2. The molecule has 0 N–H and O–H groups in total. The lowest BCUT2D eigenvalue weighted by atomic mass is 10.3. The monoisotopic (exact) mass is 210 g/mol. The number of aromatic nitrogens is 2. The Morgan fingerprint density at radius 2 is 2.20 bits per heavy atom. The van der Waals surface area contributed by atoms with Gasteiger partial charge in [0.15, 0.2) is 0 Å². The molecule has 1 heterocycles. The third-order valence-corrected chi connectivity index (χ3v) is 2.14. The molecule has 0 aliphatic rings. The highest BCUT2D eigenvalue weighted by Crippen LogP contribution is 2.07. The minimum atomic E-state index is -0.272. The quantitative estimate of drug-likeness (QED) is 0.698. The minimum absolute atomic E-state index is 0.272. The van der Waals surface area contributed by atoms with E-state index in [1.54, 1.807) is 4.68 Å². The highest BCUT2D eigenvalue weighted by atomic mass is 16.5. The Morgan fingerprint density at radius 3 is 2.73 bits per heavy atom. The van der Waals surface area contributed by atoms with Gasteiger partial charge in [0.2, 0.25) is 0 Å². The first-order valence-corrected chi connectivity index (χ1v) is 5.46. The normalized spacial score (nSPS) is 10.3. The first-order valence-electron chi connectivity index (χ1n) is 5.46. The highest BCUT2D eigenvalue weighted by Gasteiger charge is 2.14. The van der Waals surface area contributed by atoms with Crippen LogP contribution in [-0.4, -0.2) is 22.4 Å². The molecule has 4 heteroatoms. The molecule has 0 radical (unpaired) electrons. The summed E-state index contributed by atoms with van der Waals surface area (Å²) in [6, 6.07) is 1.81. The van der Waals surface area contributed by atoms with Gasteiger partial charge < -0.3 is 4.74 Å². The van der Waals surface area contributed by atoms with Crippen LogP contribution >= 0.6 is 0 Å². The molecule has 15 heavy (non-hydrogen) atoms. The van der Waals surface area contributed by atoms with E-state index in [1.165, 1.54) is 0 Å². The van der Waals surface area contributed by atoms with Crippen molar-refractivity contribution in [1.82, 2.24) is 9.78 Å². The summed E-state index contributed by atoms with van der Waals surface area (Å²) in [6.07, 6.45) is 1.67. The molecule has 0 aromatic carbocycles. The van der Waals surface area contributed by atoms with Crippen LogP contribution in [0.1, 0.15) is 43.4 Å². The molecule has 4 nitrogen and oxygen atoms in total. The van der Waals surface area contributed by atoms with Crippen molar-refractivity contribution in [3.05, 3.63) is 17.5 Å². The molecule has 0 bridgehead atoms. The maximum Gasteiger partial charge on any atom is 0.356 e. The third kappa shape index (κ3) is 2.81. The van der Waals surface area contributed by atoms with Gasteiger partial charge in [-0.1, -0.05) is 13.8 Å². The van der Waals surface area contributed by atoms with Gasteiger partial charge in [-0.05, 0) is 25.8 Å². The number of hydrogen-bond donors (Lipinski definition) is 0. The zero-order valence-corrected chi connectivity index (χ0v) is 9.62. The van der Waals surface area contributed by atoms with Gasteiger partial charge in [-0.2, -0.15) is 5.10 Å². The average Bonchev–Trinajstić information content (AvgIpc) is 2.69. The van der Waals surface area contributed by atoms with Crippen molar-refractivity contribution < 1.29 is 9.53 Å². The van der Waals surface area contributed by atoms with Crippen LogP contribution in [-0.2, 0) is 17.7 Å². The van der Waals surface area contributed by atoms with E-state index in [1.807, 2.05) is 26.8 Å². The smallest absolute Gasteiger partial charge is 0.356 e. The number of carbonyl (C=O) groups is 1. The van der Waals surface area contributed by atoms with E-state index < -0.39 is 0 Å². The number of esters is 1. The molecule has 0 saturated heterocycles. The lowest BCUT2D eigenvalue weighted by Gasteiger charge is -2.04. The number of ether oxygens (including phenoxy) is 1. The lowest BCUT2D eigenvalue weighted by Crippen LogP contribution is -2.12. The Balaban J connectivity index is 2.81. The fraction of sp³-hybridized carbons (Fsp3) is 0.636. The molecule has 0 amide bonds. The molecule has 0 saturated carbocycles. The van der Waals surface area contributed by atoms with E-state index in [4.69, 9.17) is 4.74 Å². The summed E-state index contributed by atoms with van der Waals surface area (Å²) in [4.78, 5) is 11.6. The van der Waals surface area contributed by atoms with Crippen molar-refractivity contribution in [2.75, 3.05) is 6.61 Å². The zero-order valence-electron chi connectivity index (χ0n) is 9.62. The van der Waals surface area contributed by atoms with Crippen molar-refractivity contribution in [2.24, 2.45) is 0 Å². The number of carbonyl (C=O) groups excluding carboxylic acids is 1. The van der Waals surface area contributed by atoms with Crippen LogP contribution in [0.25, 0.3) is 0 Å². The van der Waals surface area contributed by atoms with Gasteiger partial charge in [-0.15, -0.1) is 0 Å². The van der Waals surface area contributed by atoms with Gasteiger partial charge in [0, 0.05) is 6.54 Å². The fourth-order valence-corrected chi connectivity index (χ4v) is 1.32. The second kappa shape index (κ2) is 5.53. The average molecular weight is 210 g/mol. The second-order valence-electron chi connectivity index (χ2n) is 3.33. The molecule has 0 aliphatic heterocycles. The van der Waals surface area contributed by atoms with Crippen LogP contribution in [0.4, 0.5) is 0 Å². The maximum atomic E-state index is 11.6. The van der Waals surface area contributed by atoms with Crippen LogP contribution < -0.4 is 0 Å². The largest absolute Gasteiger partial charge is 0.461 e. The van der Waals surface area contributed by atoms with E-state index in [9.17, 15) is 4.79 Å². The molecule has 0 aliphatic carbocycles. The van der Waals surface area contributed by atoms with Crippen LogP contribution in [0.2, 0.25) is 0 Å². The van der Waals surface area contributed by atoms with Gasteiger partial charge >= 0.3 is 5.97 Å². The molecule has 0 atom stereocenters. The summed E-state index contributed by atoms with van der Waals surface area (Å²) in [5.74, 6) is -0.272. The zero-order chi connectivity index (χ0) is 11.3. The lowest BCUT2D eigenvalue weighted by molar-refractivity contribution is 0.0491. The summed E-state index contributed by atoms with van der Waals surface area (Å²) < 4.78 is 6.77. The number of nitrogens with zero attached hydrogens (tertiary/aromatic N) is 2. The van der Waals surface area contributed by atoms with Crippen molar-refractivity contribution in [3.63, 3.8) is 0 Å². The Morgan fingerprint density at radius 1 is 1.47 bits per heavy atom. The number of rotatable bonds is 5. The maximum absolute atomic E-state index is 11.6. The SMILES string of the molecule is CCCOC(=O)c1cc(CC)nn1CC. The molecule has 0 spiro atoms. The number of aryl methyl sites for hydroxylation is 2.